The van der Waals surface area contributed by atoms with Crippen molar-refractivity contribution < 1.29 is 13.2 Å². The van der Waals surface area contributed by atoms with Crippen molar-refractivity contribution in [1.82, 2.24) is 9.97 Å². The summed E-state index contributed by atoms with van der Waals surface area (Å²) >= 11 is 4.77. The molecule has 0 spiro atoms. The van der Waals surface area contributed by atoms with E-state index in [-0.39, 0.29) is 20.4 Å². The monoisotopic (exact) mass is 297 g/mol. The number of aromatic amines is 1. The zero-order valence-corrected chi connectivity index (χ0v) is 11.6. The zero-order chi connectivity index (χ0) is 14.0. The van der Waals surface area contributed by atoms with Crippen molar-refractivity contribution in [3.05, 3.63) is 35.2 Å². The van der Waals surface area contributed by atoms with Gasteiger partial charge in [-0.05, 0) is 36.5 Å². The molecule has 0 aliphatic rings. The van der Waals surface area contributed by atoms with Crippen LogP contribution in [0.2, 0.25) is 0 Å². The van der Waals surface area contributed by atoms with E-state index in [1.165, 1.54) is 19.2 Å². The third-order valence-corrected chi connectivity index (χ3v) is 4.47. The average molecular weight is 297 g/mol. The van der Waals surface area contributed by atoms with Crippen molar-refractivity contribution in [2.75, 3.05) is 12.8 Å². The highest BCUT2D eigenvalue weighted by Gasteiger charge is 2.21. The predicted octanol–water partition coefficient (Wildman–Crippen LogP) is 1.56. The minimum Gasteiger partial charge on any atom is -0.497 e. The van der Waals surface area contributed by atoms with Gasteiger partial charge in [0.2, 0.25) is 9.84 Å². The zero-order valence-electron chi connectivity index (χ0n) is 9.95. The van der Waals surface area contributed by atoms with Gasteiger partial charge in [0.15, 0.2) is 4.77 Å². The van der Waals surface area contributed by atoms with Crippen molar-refractivity contribution in [2.24, 2.45) is 0 Å². The van der Waals surface area contributed by atoms with Gasteiger partial charge < -0.3 is 15.5 Å². The van der Waals surface area contributed by atoms with Crippen LogP contribution in [0.15, 0.2) is 40.3 Å². The first-order chi connectivity index (χ1) is 8.95. The van der Waals surface area contributed by atoms with Crippen molar-refractivity contribution >= 4 is 27.9 Å². The van der Waals surface area contributed by atoms with Crippen LogP contribution in [0.3, 0.4) is 0 Å². The molecule has 0 amide bonds. The quantitative estimate of drug-likeness (QED) is 0.834. The summed E-state index contributed by atoms with van der Waals surface area (Å²) in [4.78, 5) is 6.25. The van der Waals surface area contributed by atoms with Gasteiger partial charge in [0, 0.05) is 0 Å². The van der Waals surface area contributed by atoms with Gasteiger partial charge in [0.05, 0.1) is 18.2 Å². The number of H-pyrrole nitrogens is 1. The smallest absolute Gasteiger partial charge is 0.211 e. The van der Waals surface area contributed by atoms with Gasteiger partial charge in [-0.15, -0.1) is 0 Å². The molecular weight excluding hydrogens is 286 g/mol. The van der Waals surface area contributed by atoms with E-state index in [2.05, 4.69) is 9.97 Å². The maximum absolute atomic E-state index is 12.4. The summed E-state index contributed by atoms with van der Waals surface area (Å²) in [6, 6.07) is 5.99. The summed E-state index contributed by atoms with van der Waals surface area (Å²) in [5.74, 6) is 0.535. The number of nitrogens with zero attached hydrogens (tertiary/aromatic N) is 1. The average Bonchev–Trinajstić information content (AvgIpc) is 2.38. The van der Waals surface area contributed by atoms with Crippen LogP contribution in [-0.2, 0) is 9.84 Å². The lowest BCUT2D eigenvalue weighted by atomic mass is 10.3. The minimum absolute atomic E-state index is 0.0316. The standard InChI is InChI=1S/C11H11N3O3S2/c1-17-7-2-4-8(5-3-7)19(15,16)9-6-13-11(18)14-10(9)12/h2-6H,1H3,(H3,12,13,14,18). The first-order valence-corrected chi connectivity index (χ1v) is 7.08. The van der Waals surface area contributed by atoms with Crippen molar-refractivity contribution in [3.8, 4) is 5.75 Å². The Hall–Kier alpha value is -1.93. The van der Waals surface area contributed by atoms with Crippen LogP contribution in [0, 0.1) is 4.77 Å². The number of benzene rings is 1. The number of ether oxygens (including phenoxy) is 1. The van der Waals surface area contributed by atoms with Crippen LogP contribution < -0.4 is 10.5 Å². The van der Waals surface area contributed by atoms with Gasteiger partial charge in [0.25, 0.3) is 0 Å². The van der Waals surface area contributed by atoms with E-state index in [9.17, 15) is 8.42 Å². The molecule has 100 valence electrons. The molecule has 0 saturated carbocycles. The van der Waals surface area contributed by atoms with Crippen molar-refractivity contribution in [1.29, 1.82) is 0 Å². The van der Waals surface area contributed by atoms with Crippen LogP contribution in [0.25, 0.3) is 0 Å². The predicted molar refractivity (Wildman–Crippen MR) is 72.3 cm³/mol. The van der Waals surface area contributed by atoms with Crippen molar-refractivity contribution in [3.63, 3.8) is 0 Å². The summed E-state index contributed by atoms with van der Waals surface area (Å²) in [6.07, 6.45) is 1.15. The molecule has 8 heteroatoms. The van der Waals surface area contributed by atoms with Gasteiger partial charge in [-0.2, -0.15) is 0 Å². The summed E-state index contributed by atoms with van der Waals surface area (Å²) in [5.41, 5.74) is 5.63. The molecule has 1 aromatic heterocycles. The molecule has 1 heterocycles. The van der Waals surface area contributed by atoms with Crippen LogP contribution in [0.1, 0.15) is 0 Å². The lowest BCUT2D eigenvalue weighted by molar-refractivity contribution is 0.414. The highest BCUT2D eigenvalue weighted by Crippen LogP contribution is 2.25. The third-order valence-electron chi connectivity index (χ3n) is 2.47. The summed E-state index contributed by atoms with van der Waals surface area (Å²) in [6.45, 7) is 0. The number of hydrogen-bond donors (Lipinski definition) is 2. The lowest BCUT2D eigenvalue weighted by Crippen LogP contribution is -2.08. The van der Waals surface area contributed by atoms with E-state index in [1.807, 2.05) is 0 Å². The summed E-state index contributed by atoms with van der Waals surface area (Å²) in [5, 5.41) is 0. The molecule has 0 unspecified atom stereocenters. The Bertz CT molecular complexity index is 752. The van der Waals surface area contributed by atoms with Gasteiger partial charge in [-0.25, -0.2) is 13.4 Å². The molecule has 19 heavy (non-hydrogen) atoms. The molecule has 0 saturated heterocycles. The second kappa shape index (κ2) is 4.98. The fourth-order valence-electron chi connectivity index (χ4n) is 1.49. The second-order valence-corrected chi connectivity index (χ2v) is 5.95. The molecule has 0 aliphatic heterocycles. The van der Waals surface area contributed by atoms with Crippen LogP contribution in [-0.4, -0.2) is 25.5 Å². The van der Waals surface area contributed by atoms with E-state index in [0.29, 0.717) is 5.75 Å². The molecule has 0 aliphatic carbocycles. The summed E-state index contributed by atoms with van der Waals surface area (Å²) in [7, 11) is -2.23. The van der Waals surface area contributed by atoms with Crippen molar-refractivity contribution in [2.45, 2.75) is 9.79 Å². The first-order valence-electron chi connectivity index (χ1n) is 5.19. The van der Waals surface area contributed by atoms with Gasteiger partial charge in [0.1, 0.15) is 16.5 Å². The Kier molecular flexibility index (Phi) is 3.54. The molecule has 0 radical (unpaired) electrons. The molecule has 6 nitrogen and oxygen atoms in total. The molecule has 2 aromatic rings. The number of nitrogen functional groups attached to an aromatic ring is 1. The second-order valence-electron chi connectivity index (χ2n) is 3.65. The van der Waals surface area contributed by atoms with Crippen LogP contribution in [0.5, 0.6) is 5.75 Å². The lowest BCUT2D eigenvalue weighted by Gasteiger charge is -2.07. The maximum atomic E-state index is 12.4. The Balaban J connectivity index is 2.55. The highest BCUT2D eigenvalue weighted by atomic mass is 32.2. The normalized spacial score (nSPS) is 11.2. The minimum atomic E-state index is -3.73. The largest absolute Gasteiger partial charge is 0.497 e. The molecular formula is C11H11N3O3S2. The van der Waals surface area contributed by atoms with E-state index < -0.39 is 9.84 Å². The number of hydrogen-bond acceptors (Lipinski definition) is 6. The van der Waals surface area contributed by atoms with Crippen LogP contribution in [0.4, 0.5) is 5.82 Å². The van der Waals surface area contributed by atoms with E-state index in [1.54, 1.807) is 12.1 Å². The SMILES string of the molecule is COc1ccc(S(=O)(=O)c2cnc(=S)[nH]c2N)cc1. The fourth-order valence-corrected chi connectivity index (χ4v) is 2.93. The topological polar surface area (TPSA) is 98.1 Å². The molecule has 1 aromatic carbocycles. The maximum Gasteiger partial charge on any atom is 0.211 e. The molecule has 2 rings (SSSR count). The number of aromatic nitrogens is 2. The first kappa shape index (κ1) is 13.5. The molecule has 0 atom stereocenters. The summed E-state index contributed by atoms with van der Waals surface area (Å²) < 4.78 is 29.8. The van der Waals surface area contributed by atoms with Gasteiger partial charge in [-0.3, -0.25) is 0 Å². The van der Waals surface area contributed by atoms with E-state index in [4.69, 9.17) is 22.7 Å². The molecule has 0 fully saturated rings. The van der Waals surface area contributed by atoms with Crippen LogP contribution >= 0.6 is 12.2 Å². The Morgan fingerprint density at radius 3 is 2.47 bits per heavy atom. The number of nitrogens with two attached hydrogens (primary N) is 1. The number of nitrogens with one attached hydrogen (secondary N) is 1. The Morgan fingerprint density at radius 2 is 1.95 bits per heavy atom. The number of rotatable bonds is 3. The highest BCUT2D eigenvalue weighted by molar-refractivity contribution is 7.91. The third kappa shape index (κ3) is 2.59. The van der Waals surface area contributed by atoms with E-state index in [0.717, 1.165) is 6.20 Å². The van der Waals surface area contributed by atoms with Gasteiger partial charge >= 0.3 is 0 Å². The Morgan fingerprint density at radius 1 is 1.32 bits per heavy atom. The molecule has 3 N–H and O–H groups in total. The number of anilines is 1. The Labute approximate surface area is 115 Å². The van der Waals surface area contributed by atoms with Gasteiger partial charge in [-0.1, -0.05) is 0 Å². The number of sulfone groups is 1. The molecule has 0 bridgehead atoms. The fraction of sp³-hybridized carbons (Fsp3) is 0.0909. The van der Waals surface area contributed by atoms with E-state index >= 15 is 0 Å². The number of methoxy groups -OCH3 is 1.